The van der Waals surface area contributed by atoms with E-state index >= 15 is 0 Å². The maximum atomic E-state index is 9.13. The van der Waals surface area contributed by atoms with Gasteiger partial charge in [0, 0.05) is 0 Å². The summed E-state index contributed by atoms with van der Waals surface area (Å²) < 4.78 is 0. The molecule has 0 saturated heterocycles. The number of nitriles is 1. The van der Waals surface area contributed by atoms with E-state index in [1.807, 2.05) is 0 Å². The summed E-state index contributed by atoms with van der Waals surface area (Å²) in [5.74, 6) is 1.43. The predicted octanol–water partition coefficient (Wildman–Crippen LogP) is 3.36. The molecule has 0 aromatic carbocycles. The Labute approximate surface area is 75.8 Å². The average molecular weight is 165 g/mol. The highest BCUT2D eigenvalue weighted by atomic mass is 14.4. The molecule has 0 aromatic heterocycles. The van der Waals surface area contributed by atoms with Crippen molar-refractivity contribution >= 4 is 0 Å². The summed E-state index contributed by atoms with van der Waals surface area (Å²) in [5, 5.41) is 9.13. The van der Waals surface area contributed by atoms with Crippen LogP contribution in [-0.4, -0.2) is 0 Å². The van der Waals surface area contributed by atoms with Crippen molar-refractivity contribution in [1.29, 1.82) is 5.26 Å². The third-order valence-corrected chi connectivity index (χ3v) is 2.89. The van der Waals surface area contributed by atoms with Gasteiger partial charge < -0.3 is 0 Å². The normalized spacial score (nSPS) is 35.4. The van der Waals surface area contributed by atoms with Crippen LogP contribution in [0.5, 0.6) is 0 Å². The van der Waals surface area contributed by atoms with E-state index in [1.165, 1.54) is 6.42 Å². The Morgan fingerprint density at radius 2 is 2.25 bits per heavy atom. The average Bonchev–Trinajstić information content (AvgIpc) is 2.32. The molecular formula is C11H19N. The summed E-state index contributed by atoms with van der Waals surface area (Å²) in [4.78, 5) is 0. The van der Waals surface area contributed by atoms with Gasteiger partial charge in [-0.25, -0.2) is 0 Å². The van der Waals surface area contributed by atoms with Gasteiger partial charge in [-0.2, -0.15) is 5.26 Å². The first kappa shape index (κ1) is 9.58. The smallest absolute Gasteiger partial charge is 0.0689 e. The molecular weight excluding hydrogens is 146 g/mol. The van der Waals surface area contributed by atoms with Crippen LogP contribution < -0.4 is 0 Å². The van der Waals surface area contributed by atoms with Crippen LogP contribution in [0.2, 0.25) is 0 Å². The predicted molar refractivity (Wildman–Crippen MR) is 50.5 cm³/mol. The zero-order valence-electron chi connectivity index (χ0n) is 8.43. The summed E-state index contributed by atoms with van der Waals surface area (Å²) >= 11 is 0. The Balaban J connectivity index is 2.60. The van der Waals surface area contributed by atoms with Crippen molar-refractivity contribution in [3.63, 3.8) is 0 Å². The molecule has 2 atom stereocenters. The minimum Gasteiger partial charge on any atom is -0.198 e. The summed E-state index contributed by atoms with van der Waals surface area (Å²) in [6, 6.07) is 2.54. The first-order valence-electron chi connectivity index (χ1n) is 4.99. The Morgan fingerprint density at radius 3 is 2.58 bits per heavy atom. The Hall–Kier alpha value is -0.510. The molecule has 1 nitrogen and oxygen atoms in total. The van der Waals surface area contributed by atoms with Gasteiger partial charge in [0.1, 0.15) is 0 Å². The molecule has 1 fully saturated rings. The van der Waals surface area contributed by atoms with E-state index in [-0.39, 0.29) is 5.41 Å². The first-order chi connectivity index (χ1) is 5.58. The van der Waals surface area contributed by atoms with Crippen LogP contribution in [0.3, 0.4) is 0 Å². The number of rotatable bonds is 2. The van der Waals surface area contributed by atoms with Crippen molar-refractivity contribution in [1.82, 2.24) is 0 Å². The summed E-state index contributed by atoms with van der Waals surface area (Å²) in [6.45, 7) is 6.68. The number of hydrogen-bond donors (Lipinski definition) is 0. The summed E-state index contributed by atoms with van der Waals surface area (Å²) in [5.41, 5.74) is 0.0353. The van der Waals surface area contributed by atoms with Gasteiger partial charge in [0.05, 0.1) is 11.5 Å². The molecule has 1 aliphatic carbocycles. The van der Waals surface area contributed by atoms with Crippen molar-refractivity contribution in [3.05, 3.63) is 0 Å². The highest BCUT2D eigenvalue weighted by Gasteiger charge is 2.37. The molecule has 1 heteroatoms. The maximum absolute atomic E-state index is 9.13. The second kappa shape index (κ2) is 3.47. The molecule has 1 aliphatic rings. The first-order valence-corrected chi connectivity index (χ1v) is 4.99. The van der Waals surface area contributed by atoms with Gasteiger partial charge in [0.2, 0.25) is 0 Å². The van der Waals surface area contributed by atoms with E-state index in [2.05, 4.69) is 26.8 Å². The molecule has 1 saturated carbocycles. The molecule has 68 valence electrons. The minimum absolute atomic E-state index is 0.0353. The molecule has 0 aromatic rings. The molecule has 0 spiro atoms. The third kappa shape index (κ3) is 2.00. The maximum Gasteiger partial charge on any atom is 0.0689 e. The molecule has 12 heavy (non-hydrogen) atoms. The fourth-order valence-corrected chi connectivity index (χ4v) is 2.51. The topological polar surface area (TPSA) is 23.8 Å². The lowest BCUT2D eigenvalue weighted by Gasteiger charge is -2.22. The molecule has 0 heterocycles. The van der Waals surface area contributed by atoms with E-state index in [9.17, 15) is 0 Å². The van der Waals surface area contributed by atoms with E-state index in [4.69, 9.17) is 5.26 Å². The van der Waals surface area contributed by atoms with Gasteiger partial charge in [0.15, 0.2) is 0 Å². The van der Waals surface area contributed by atoms with E-state index in [1.54, 1.807) is 0 Å². The zero-order chi connectivity index (χ0) is 9.19. The van der Waals surface area contributed by atoms with Crippen molar-refractivity contribution in [2.75, 3.05) is 0 Å². The zero-order valence-corrected chi connectivity index (χ0v) is 8.43. The van der Waals surface area contributed by atoms with Gasteiger partial charge in [-0.15, -0.1) is 0 Å². The monoisotopic (exact) mass is 165 g/mol. The lowest BCUT2D eigenvalue weighted by molar-refractivity contribution is 0.312. The fraction of sp³-hybridized carbons (Fsp3) is 0.909. The minimum atomic E-state index is 0.0353. The van der Waals surface area contributed by atoms with Crippen molar-refractivity contribution in [3.8, 4) is 6.07 Å². The number of nitrogens with zero attached hydrogens (tertiary/aromatic N) is 1. The molecule has 0 amide bonds. The largest absolute Gasteiger partial charge is 0.198 e. The lowest BCUT2D eigenvalue weighted by Crippen LogP contribution is -2.16. The quantitative estimate of drug-likeness (QED) is 0.615. The van der Waals surface area contributed by atoms with Gasteiger partial charge in [-0.1, -0.05) is 20.8 Å². The third-order valence-electron chi connectivity index (χ3n) is 2.89. The molecule has 2 unspecified atom stereocenters. The van der Waals surface area contributed by atoms with Crippen LogP contribution >= 0.6 is 0 Å². The van der Waals surface area contributed by atoms with E-state index in [0.29, 0.717) is 5.92 Å². The standard InChI is InChI=1S/C11H19N/c1-9(2)6-11(8-12)5-4-10(3)7-11/h9-10H,4-7H2,1-3H3. The highest BCUT2D eigenvalue weighted by molar-refractivity contribution is 5.03. The van der Waals surface area contributed by atoms with Crippen LogP contribution in [0.1, 0.15) is 46.5 Å². The lowest BCUT2D eigenvalue weighted by atomic mass is 9.79. The van der Waals surface area contributed by atoms with Crippen LogP contribution in [-0.2, 0) is 0 Å². The Morgan fingerprint density at radius 1 is 1.58 bits per heavy atom. The van der Waals surface area contributed by atoms with Crippen molar-refractivity contribution in [2.24, 2.45) is 17.3 Å². The molecule has 0 radical (unpaired) electrons. The molecule has 0 aliphatic heterocycles. The second-order valence-corrected chi connectivity index (χ2v) is 4.84. The second-order valence-electron chi connectivity index (χ2n) is 4.84. The van der Waals surface area contributed by atoms with E-state index < -0.39 is 0 Å². The highest BCUT2D eigenvalue weighted by Crippen LogP contribution is 2.45. The van der Waals surface area contributed by atoms with Crippen LogP contribution in [0.25, 0.3) is 0 Å². The van der Waals surface area contributed by atoms with Crippen molar-refractivity contribution < 1.29 is 0 Å². The molecule has 0 N–H and O–H groups in total. The van der Waals surface area contributed by atoms with E-state index in [0.717, 1.165) is 25.2 Å². The van der Waals surface area contributed by atoms with Gasteiger partial charge in [-0.3, -0.25) is 0 Å². The molecule has 0 bridgehead atoms. The SMILES string of the molecule is CC(C)CC1(C#N)CCC(C)C1. The Bertz CT molecular complexity index is 190. The Kier molecular flexibility index (Phi) is 2.77. The van der Waals surface area contributed by atoms with Gasteiger partial charge in [0.25, 0.3) is 0 Å². The fourth-order valence-electron chi connectivity index (χ4n) is 2.51. The van der Waals surface area contributed by atoms with Crippen LogP contribution in [0.15, 0.2) is 0 Å². The van der Waals surface area contributed by atoms with Gasteiger partial charge in [-0.05, 0) is 37.5 Å². The van der Waals surface area contributed by atoms with Gasteiger partial charge >= 0.3 is 0 Å². The summed E-state index contributed by atoms with van der Waals surface area (Å²) in [6.07, 6.45) is 4.60. The van der Waals surface area contributed by atoms with Crippen molar-refractivity contribution in [2.45, 2.75) is 46.5 Å². The van der Waals surface area contributed by atoms with Crippen LogP contribution in [0.4, 0.5) is 0 Å². The molecule has 1 rings (SSSR count). The summed E-state index contributed by atoms with van der Waals surface area (Å²) in [7, 11) is 0. The van der Waals surface area contributed by atoms with Crippen LogP contribution in [0, 0.1) is 28.6 Å². The number of hydrogen-bond acceptors (Lipinski definition) is 1.